The van der Waals surface area contributed by atoms with Crippen LogP contribution in [0.25, 0.3) is 0 Å². The van der Waals surface area contributed by atoms with Crippen LogP contribution in [0.3, 0.4) is 0 Å². The monoisotopic (exact) mass is 275 g/mol. The van der Waals surface area contributed by atoms with Crippen molar-refractivity contribution in [2.45, 2.75) is 52.0 Å². The summed E-state index contributed by atoms with van der Waals surface area (Å²) >= 11 is 0. The lowest BCUT2D eigenvalue weighted by atomic mass is 9.89. The lowest BCUT2D eigenvalue weighted by Gasteiger charge is -2.23. The van der Waals surface area contributed by atoms with E-state index in [9.17, 15) is 0 Å². The molecule has 2 N–H and O–H groups in total. The topological polar surface area (TPSA) is 35.2 Å². The first kappa shape index (κ1) is 15.5. The van der Waals surface area contributed by atoms with Gasteiger partial charge in [-0.3, -0.25) is 0 Å². The van der Waals surface area contributed by atoms with E-state index in [2.05, 4.69) is 38.1 Å². The van der Waals surface area contributed by atoms with E-state index in [4.69, 9.17) is 10.5 Å². The van der Waals surface area contributed by atoms with Crippen molar-refractivity contribution in [2.75, 3.05) is 13.2 Å². The van der Waals surface area contributed by atoms with Gasteiger partial charge in [0.05, 0.1) is 0 Å². The van der Waals surface area contributed by atoms with Crippen LogP contribution in [0, 0.1) is 11.8 Å². The average Bonchev–Trinajstić information content (AvgIpc) is 2.59. The molecule has 112 valence electrons. The van der Waals surface area contributed by atoms with Gasteiger partial charge in [0.1, 0.15) is 0 Å². The third-order valence-electron chi connectivity index (χ3n) is 4.42. The Morgan fingerprint density at radius 3 is 2.85 bits per heavy atom. The van der Waals surface area contributed by atoms with Crippen molar-refractivity contribution in [3.8, 4) is 0 Å². The molecule has 20 heavy (non-hydrogen) atoms. The highest BCUT2D eigenvalue weighted by Crippen LogP contribution is 2.33. The summed E-state index contributed by atoms with van der Waals surface area (Å²) in [7, 11) is 0. The summed E-state index contributed by atoms with van der Waals surface area (Å²) in [6, 6.07) is 8.86. The van der Waals surface area contributed by atoms with Crippen LogP contribution in [0.1, 0.15) is 56.7 Å². The maximum atomic E-state index is 6.50. The average molecular weight is 275 g/mol. The normalized spacial score (nSPS) is 22.6. The molecule has 1 aliphatic rings. The predicted octanol–water partition coefficient (Wildman–Crippen LogP) is 4.09. The second-order valence-corrected chi connectivity index (χ2v) is 6.46. The molecule has 1 aromatic rings. The summed E-state index contributed by atoms with van der Waals surface area (Å²) in [6.07, 6.45) is 5.90. The van der Waals surface area contributed by atoms with E-state index in [0.29, 0.717) is 5.92 Å². The fourth-order valence-corrected chi connectivity index (χ4v) is 3.05. The molecule has 0 bridgehead atoms. The van der Waals surface area contributed by atoms with Crippen molar-refractivity contribution >= 4 is 0 Å². The second-order valence-electron chi connectivity index (χ2n) is 6.46. The van der Waals surface area contributed by atoms with Crippen LogP contribution in [0.4, 0.5) is 0 Å². The van der Waals surface area contributed by atoms with Gasteiger partial charge < -0.3 is 10.5 Å². The standard InChI is InChI=1S/C18H29NO/c1-14(2)10-12-20-13-11-16-8-5-7-15-6-3-4-9-17(15)18(16)19/h3-4,6,9,14,16,18H,5,7-8,10-13,19H2,1-2H3. The maximum absolute atomic E-state index is 6.50. The lowest BCUT2D eigenvalue weighted by molar-refractivity contribution is 0.106. The summed E-state index contributed by atoms with van der Waals surface area (Å²) in [5.41, 5.74) is 9.30. The van der Waals surface area contributed by atoms with Crippen molar-refractivity contribution in [2.24, 2.45) is 17.6 Å². The van der Waals surface area contributed by atoms with Gasteiger partial charge in [-0.05, 0) is 55.1 Å². The first-order chi connectivity index (χ1) is 9.68. The lowest BCUT2D eigenvalue weighted by Crippen LogP contribution is -2.22. The van der Waals surface area contributed by atoms with Crippen LogP contribution >= 0.6 is 0 Å². The Balaban J connectivity index is 1.83. The molecule has 2 nitrogen and oxygen atoms in total. The third-order valence-corrected chi connectivity index (χ3v) is 4.42. The Hall–Kier alpha value is -0.860. The molecule has 2 rings (SSSR count). The molecule has 0 amide bonds. The van der Waals surface area contributed by atoms with Crippen LogP contribution in [-0.4, -0.2) is 13.2 Å². The molecule has 0 aliphatic heterocycles. The zero-order chi connectivity index (χ0) is 14.4. The number of nitrogens with two attached hydrogens (primary N) is 1. The van der Waals surface area contributed by atoms with E-state index in [1.54, 1.807) is 0 Å². The molecule has 1 aromatic carbocycles. The third kappa shape index (κ3) is 4.32. The molecule has 0 saturated carbocycles. The van der Waals surface area contributed by atoms with Crippen LogP contribution in [0.15, 0.2) is 24.3 Å². The van der Waals surface area contributed by atoms with Gasteiger partial charge in [-0.2, -0.15) is 0 Å². The minimum absolute atomic E-state index is 0.183. The van der Waals surface area contributed by atoms with E-state index >= 15 is 0 Å². The van der Waals surface area contributed by atoms with Gasteiger partial charge in [-0.15, -0.1) is 0 Å². The van der Waals surface area contributed by atoms with Gasteiger partial charge in [-0.1, -0.05) is 38.1 Å². The van der Waals surface area contributed by atoms with Gasteiger partial charge >= 0.3 is 0 Å². The molecule has 2 heteroatoms. The summed E-state index contributed by atoms with van der Waals surface area (Å²) in [4.78, 5) is 0. The van der Waals surface area contributed by atoms with E-state index < -0.39 is 0 Å². The fraction of sp³-hybridized carbons (Fsp3) is 0.667. The fourth-order valence-electron chi connectivity index (χ4n) is 3.05. The molecule has 0 aromatic heterocycles. The zero-order valence-electron chi connectivity index (χ0n) is 13.0. The molecule has 0 spiro atoms. The van der Waals surface area contributed by atoms with Crippen LogP contribution in [-0.2, 0) is 11.2 Å². The molecular weight excluding hydrogens is 246 g/mol. The molecule has 1 aliphatic carbocycles. The Morgan fingerprint density at radius 1 is 1.25 bits per heavy atom. The predicted molar refractivity (Wildman–Crippen MR) is 84.7 cm³/mol. The molecular formula is C18H29NO. The summed E-state index contributed by atoms with van der Waals surface area (Å²) in [5.74, 6) is 1.29. The largest absolute Gasteiger partial charge is 0.381 e. The maximum Gasteiger partial charge on any atom is 0.0469 e. The van der Waals surface area contributed by atoms with Crippen LogP contribution in [0.2, 0.25) is 0 Å². The first-order valence-corrected chi connectivity index (χ1v) is 8.09. The van der Waals surface area contributed by atoms with Gasteiger partial charge in [0.2, 0.25) is 0 Å². The Kier molecular flexibility index (Phi) is 6.06. The Bertz CT molecular complexity index is 402. The molecule has 2 atom stereocenters. The van der Waals surface area contributed by atoms with E-state index in [1.165, 1.54) is 30.4 Å². The minimum atomic E-state index is 0.183. The quantitative estimate of drug-likeness (QED) is 0.627. The van der Waals surface area contributed by atoms with E-state index in [-0.39, 0.29) is 6.04 Å². The molecule has 2 unspecified atom stereocenters. The Labute approximate surface area is 123 Å². The van der Waals surface area contributed by atoms with Crippen molar-refractivity contribution in [1.29, 1.82) is 0 Å². The van der Waals surface area contributed by atoms with Gasteiger partial charge in [0.15, 0.2) is 0 Å². The van der Waals surface area contributed by atoms with Crippen molar-refractivity contribution < 1.29 is 4.74 Å². The van der Waals surface area contributed by atoms with E-state index in [0.717, 1.165) is 32.0 Å². The molecule has 0 saturated heterocycles. The minimum Gasteiger partial charge on any atom is -0.381 e. The number of hydrogen-bond acceptors (Lipinski definition) is 2. The highest BCUT2D eigenvalue weighted by Gasteiger charge is 2.24. The second kappa shape index (κ2) is 7.80. The summed E-state index contributed by atoms with van der Waals surface area (Å²) in [6.45, 7) is 6.21. The van der Waals surface area contributed by atoms with Crippen molar-refractivity contribution in [3.05, 3.63) is 35.4 Å². The Morgan fingerprint density at radius 2 is 2.05 bits per heavy atom. The van der Waals surface area contributed by atoms with Crippen LogP contribution < -0.4 is 5.73 Å². The molecule has 0 heterocycles. The highest BCUT2D eigenvalue weighted by atomic mass is 16.5. The summed E-state index contributed by atoms with van der Waals surface area (Å²) < 4.78 is 5.77. The van der Waals surface area contributed by atoms with Crippen molar-refractivity contribution in [1.82, 2.24) is 0 Å². The number of ether oxygens (including phenoxy) is 1. The number of benzene rings is 1. The van der Waals surface area contributed by atoms with Gasteiger partial charge in [0.25, 0.3) is 0 Å². The van der Waals surface area contributed by atoms with Crippen molar-refractivity contribution in [3.63, 3.8) is 0 Å². The zero-order valence-corrected chi connectivity index (χ0v) is 13.0. The number of fused-ring (bicyclic) bond motifs is 1. The highest BCUT2D eigenvalue weighted by molar-refractivity contribution is 5.31. The van der Waals surface area contributed by atoms with Crippen LogP contribution in [0.5, 0.6) is 0 Å². The van der Waals surface area contributed by atoms with Gasteiger partial charge in [0, 0.05) is 19.3 Å². The van der Waals surface area contributed by atoms with Gasteiger partial charge in [-0.25, -0.2) is 0 Å². The number of aryl methyl sites for hydroxylation is 1. The number of rotatable bonds is 6. The SMILES string of the molecule is CC(C)CCOCCC1CCCc2ccccc2C1N. The molecule has 0 radical (unpaired) electrons. The molecule has 0 fully saturated rings. The smallest absolute Gasteiger partial charge is 0.0469 e. The first-order valence-electron chi connectivity index (χ1n) is 8.09. The summed E-state index contributed by atoms with van der Waals surface area (Å²) in [5, 5.41) is 0. The number of hydrogen-bond donors (Lipinski definition) is 1. The van der Waals surface area contributed by atoms with E-state index in [1.807, 2.05) is 0 Å².